The third kappa shape index (κ3) is 3.61. The van der Waals surface area contributed by atoms with Crippen molar-refractivity contribution in [3.63, 3.8) is 0 Å². The van der Waals surface area contributed by atoms with Crippen LogP contribution in [0, 0.1) is 12.7 Å². The number of rotatable bonds is 4. The summed E-state index contributed by atoms with van der Waals surface area (Å²) < 4.78 is 13.3. The molecule has 0 fully saturated rings. The van der Waals surface area contributed by atoms with Crippen LogP contribution in [0.3, 0.4) is 0 Å². The van der Waals surface area contributed by atoms with E-state index in [1.807, 2.05) is 13.0 Å². The largest absolute Gasteiger partial charge is 0.392 e. The smallest absolute Gasteiger partial charge is 0.126 e. The van der Waals surface area contributed by atoms with Crippen LogP contribution in [0.25, 0.3) is 0 Å². The van der Waals surface area contributed by atoms with Crippen molar-refractivity contribution in [1.82, 2.24) is 5.32 Å². The zero-order valence-electron chi connectivity index (χ0n) is 9.42. The van der Waals surface area contributed by atoms with Crippen LogP contribution >= 0.6 is 0 Å². The van der Waals surface area contributed by atoms with Gasteiger partial charge in [0.25, 0.3) is 0 Å². The fourth-order valence-electron chi connectivity index (χ4n) is 1.34. The minimum Gasteiger partial charge on any atom is -0.392 e. The van der Waals surface area contributed by atoms with Gasteiger partial charge in [-0.3, -0.25) is 0 Å². The summed E-state index contributed by atoms with van der Waals surface area (Å²) in [5.41, 5.74) is 1.56. The Bertz CT molecular complexity index is 325. The average Bonchev–Trinajstić information content (AvgIpc) is 2.18. The van der Waals surface area contributed by atoms with Crippen LogP contribution in [0.1, 0.15) is 31.0 Å². The molecule has 1 rings (SSSR count). The molecule has 2 nitrogen and oxygen atoms in total. The first-order valence-electron chi connectivity index (χ1n) is 5.18. The van der Waals surface area contributed by atoms with Gasteiger partial charge in [-0.2, -0.15) is 0 Å². The highest BCUT2D eigenvalue weighted by Crippen LogP contribution is 2.15. The van der Waals surface area contributed by atoms with Crippen molar-refractivity contribution < 1.29 is 9.50 Å². The van der Waals surface area contributed by atoms with E-state index in [-0.39, 0.29) is 18.0 Å². The number of halogens is 1. The molecule has 0 heterocycles. The number of nitrogens with one attached hydrogen (secondary N) is 1. The molecule has 0 saturated heterocycles. The molecule has 2 unspecified atom stereocenters. The van der Waals surface area contributed by atoms with E-state index >= 15 is 0 Å². The van der Waals surface area contributed by atoms with Gasteiger partial charge in [-0.1, -0.05) is 12.1 Å². The number of aryl methyl sites for hydroxylation is 1. The maximum absolute atomic E-state index is 13.3. The van der Waals surface area contributed by atoms with Crippen LogP contribution < -0.4 is 5.32 Å². The Labute approximate surface area is 90.1 Å². The van der Waals surface area contributed by atoms with Gasteiger partial charge >= 0.3 is 0 Å². The number of aliphatic hydroxyl groups excluding tert-OH is 1. The topological polar surface area (TPSA) is 32.3 Å². The molecule has 2 N–H and O–H groups in total. The molecule has 15 heavy (non-hydrogen) atoms. The standard InChI is InChI=1S/C12H18FNO/c1-8-4-5-11(6-12(8)13)10(3)14-7-9(2)15/h4-6,9-10,14-15H,7H2,1-3H3. The molecule has 0 aliphatic carbocycles. The van der Waals surface area contributed by atoms with Gasteiger partial charge in [-0.05, 0) is 38.0 Å². The molecule has 0 aromatic heterocycles. The molecule has 1 aromatic rings. The van der Waals surface area contributed by atoms with Crippen molar-refractivity contribution in [3.8, 4) is 0 Å². The van der Waals surface area contributed by atoms with E-state index in [2.05, 4.69) is 5.32 Å². The van der Waals surface area contributed by atoms with Crippen molar-refractivity contribution >= 4 is 0 Å². The summed E-state index contributed by atoms with van der Waals surface area (Å²) >= 11 is 0. The Morgan fingerprint density at radius 2 is 2.07 bits per heavy atom. The van der Waals surface area contributed by atoms with E-state index in [0.29, 0.717) is 12.1 Å². The Morgan fingerprint density at radius 1 is 1.40 bits per heavy atom. The summed E-state index contributed by atoms with van der Waals surface area (Å²) in [6.07, 6.45) is -0.386. The summed E-state index contributed by atoms with van der Waals surface area (Å²) in [6.45, 7) is 5.92. The predicted octanol–water partition coefficient (Wildman–Crippen LogP) is 2.17. The van der Waals surface area contributed by atoms with Crippen molar-refractivity contribution in [2.75, 3.05) is 6.54 Å². The molecule has 0 spiro atoms. The van der Waals surface area contributed by atoms with E-state index in [4.69, 9.17) is 5.11 Å². The Kier molecular flexibility index (Phi) is 4.24. The Balaban J connectivity index is 2.65. The van der Waals surface area contributed by atoms with Crippen molar-refractivity contribution in [2.24, 2.45) is 0 Å². The van der Waals surface area contributed by atoms with Crippen LogP contribution in [0.2, 0.25) is 0 Å². The lowest BCUT2D eigenvalue weighted by Gasteiger charge is -2.15. The minimum absolute atomic E-state index is 0.0506. The van der Waals surface area contributed by atoms with Crippen LogP contribution in [-0.4, -0.2) is 17.8 Å². The van der Waals surface area contributed by atoms with Gasteiger partial charge in [-0.15, -0.1) is 0 Å². The van der Waals surface area contributed by atoms with Gasteiger partial charge in [-0.25, -0.2) is 4.39 Å². The summed E-state index contributed by atoms with van der Waals surface area (Å²) in [7, 11) is 0. The predicted molar refractivity (Wildman–Crippen MR) is 59.2 cm³/mol. The van der Waals surface area contributed by atoms with Gasteiger partial charge in [0.15, 0.2) is 0 Å². The van der Waals surface area contributed by atoms with Gasteiger partial charge in [0.1, 0.15) is 5.82 Å². The fraction of sp³-hybridized carbons (Fsp3) is 0.500. The van der Waals surface area contributed by atoms with Crippen LogP contribution in [0.4, 0.5) is 4.39 Å². The monoisotopic (exact) mass is 211 g/mol. The first-order chi connectivity index (χ1) is 7.00. The normalized spacial score (nSPS) is 15.0. The fourth-order valence-corrected chi connectivity index (χ4v) is 1.34. The number of hydrogen-bond donors (Lipinski definition) is 2. The Hall–Kier alpha value is -0.930. The van der Waals surface area contributed by atoms with Gasteiger partial charge in [0.2, 0.25) is 0 Å². The molecule has 0 aliphatic rings. The highest BCUT2D eigenvalue weighted by Gasteiger charge is 2.07. The summed E-state index contributed by atoms with van der Waals surface area (Å²) in [4.78, 5) is 0. The van der Waals surface area contributed by atoms with Gasteiger partial charge < -0.3 is 10.4 Å². The van der Waals surface area contributed by atoms with Crippen LogP contribution in [0.5, 0.6) is 0 Å². The zero-order chi connectivity index (χ0) is 11.4. The molecule has 1 aromatic carbocycles. The second kappa shape index (κ2) is 5.24. The number of benzene rings is 1. The van der Waals surface area contributed by atoms with E-state index in [9.17, 15) is 4.39 Å². The second-order valence-corrected chi connectivity index (χ2v) is 3.99. The number of aliphatic hydroxyl groups is 1. The van der Waals surface area contributed by atoms with E-state index < -0.39 is 0 Å². The van der Waals surface area contributed by atoms with E-state index in [1.54, 1.807) is 19.9 Å². The van der Waals surface area contributed by atoms with Crippen molar-refractivity contribution in [2.45, 2.75) is 32.9 Å². The molecular weight excluding hydrogens is 193 g/mol. The highest BCUT2D eigenvalue weighted by atomic mass is 19.1. The SMILES string of the molecule is Cc1ccc(C(C)NCC(C)O)cc1F. The molecular formula is C12H18FNO. The molecule has 0 radical (unpaired) electrons. The van der Waals surface area contributed by atoms with Crippen LogP contribution in [-0.2, 0) is 0 Å². The molecule has 0 amide bonds. The molecule has 2 atom stereocenters. The van der Waals surface area contributed by atoms with Crippen LogP contribution in [0.15, 0.2) is 18.2 Å². The van der Waals surface area contributed by atoms with Crippen molar-refractivity contribution in [1.29, 1.82) is 0 Å². The maximum Gasteiger partial charge on any atom is 0.126 e. The number of hydrogen-bond acceptors (Lipinski definition) is 2. The third-order valence-corrected chi connectivity index (χ3v) is 2.42. The molecule has 3 heteroatoms. The summed E-state index contributed by atoms with van der Waals surface area (Å²) in [5.74, 6) is -0.182. The quantitative estimate of drug-likeness (QED) is 0.800. The summed E-state index contributed by atoms with van der Waals surface area (Å²) in [6, 6.07) is 5.26. The second-order valence-electron chi connectivity index (χ2n) is 3.99. The van der Waals surface area contributed by atoms with E-state index in [1.165, 1.54) is 6.07 Å². The van der Waals surface area contributed by atoms with Gasteiger partial charge in [0, 0.05) is 12.6 Å². The lowest BCUT2D eigenvalue weighted by molar-refractivity contribution is 0.187. The lowest BCUT2D eigenvalue weighted by atomic mass is 10.1. The first-order valence-corrected chi connectivity index (χ1v) is 5.18. The molecule has 0 bridgehead atoms. The average molecular weight is 211 g/mol. The highest BCUT2D eigenvalue weighted by molar-refractivity contribution is 5.25. The lowest BCUT2D eigenvalue weighted by Crippen LogP contribution is -2.27. The summed E-state index contributed by atoms with van der Waals surface area (Å²) in [5, 5.41) is 12.2. The van der Waals surface area contributed by atoms with E-state index in [0.717, 1.165) is 5.56 Å². The minimum atomic E-state index is -0.386. The third-order valence-electron chi connectivity index (χ3n) is 2.42. The molecule has 0 aliphatic heterocycles. The maximum atomic E-state index is 13.3. The Morgan fingerprint density at radius 3 is 2.60 bits per heavy atom. The molecule has 0 saturated carbocycles. The van der Waals surface area contributed by atoms with Crippen molar-refractivity contribution in [3.05, 3.63) is 35.1 Å². The van der Waals surface area contributed by atoms with Gasteiger partial charge in [0.05, 0.1) is 6.10 Å². The zero-order valence-corrected chi connectivity index (χ0v) is 9.42. The first kappa shape index (κ1) is 12.1. The molecule has 84 valence electrons.